The van der Waals surface area contributed by atoms with Crippen LogP contribution in [0.1, 0.15) is 27.7 Å². The zero-order chi connectivity index (χ0) is 15.3. The standard InChI is InChI=1S/C14H23N3O2S/c1-13(2)12(14(13,3)4)8-17-10-6-5-9(15)7-11(10)20(16,18)19/h5-7,12,17H,8,15H2,1-4H3,(H2,16,18,19). The molecule has 0 aliphatic heterocycles. The van der Waals surface area contributed by atoms with Crippen molar-refractivity contribution in [2.24, 2.45) is 21.9 Å². The Balaban J connectivity index is 2.20. The summed E-state index contributed by atoms with van der Waals surface area (Å²) in [5.74, 6) is 0.487. The van der Waals surface area contributed by atoms with Crippen molar-refractivity contribution < 1.29 is 8.42 Å². The SMILES string of the molecule is CC1(C)C(CNc2ccc(N)cc2S(N)(=O)=O)C1(C)C. The number of nitrogen functional groups attached to an aromatic ring is 1. The first kappa shape index (κ1) is 15.1. The van der Waals surface area contributed by atoms with Gasteiger partial charge in [0.25, 0.3) is 0 Å². The molecule has 5 nitrogen and oxygen atoms in total. The second kappa shape index (κ2) is 4.36. The van der Waals surface area contributed by atoms with Gasteiger partial charge in [0.1, 0.15) is 4.90 Å². The van der Waals surface area contributed by atoms with Crippen LogP contribution in [0.15, 0.2) is 23.1 Å². The molecule has 1 saturated carbocycles. The molecule has 2 rings (SSSR count). The highest BCUT2D eigenvalue weighted by atomic mass is 32.2. The van der Waals surface area contributed by atoms with Gasteiger partial charge in [-0.2, -0.15) is 0 Å². The van der Waals surface area contributed by atoms with Crippen molar-refractivity contribution >= 4 is 21.4 Å². The topological polar surface area (TPSA) is 98.2 Å². The van der Waals surface area contributed by atoms with E-state index in [1.54, 1.807) is 12.1 Å². The van der Waals surface area contributed by atoms with Crippen LogP contribution in [0, 0.1) is 16.7 Å². The van der Waals surface area contributed by atoms with E-state index in [0.29, 0.717) is 23.8 Å². The Kier molecular flexibility index (Phi) is 3.30. The number of hydrogen-bond acceptors (Lipinski definition) is 4. The van der Waals surface area contributed by atoms with Crippen LogP contribution in [-0.4, -0.2) is 15.0 Å². The van der Waals surface area contributed by atoms with Crippen molar-refractivity contribution in [3.63, 3.8) is 0 Å². The number of nitrogens with one attached hydrogen (secondary N) is 1. The summed E-state index contributed by atoms with van der Waals surface area (Å²) in [6.07, 6.45) is 0. The normalized spacial score (nSPS) is 20.6. The third-order valence-electron chi connectivity index (χ3n) is 5.13. The fourth-order valence-electron chi connectivity index (χ4n) is 2.98. The van der Waals surface area contributed by atoms with Crippen molar-refractivity contribution in [3.8, 4) is 0 Å². The van der Waals surface area contributed by atoms with E-state index < -0.39 is 10.0 Å². The summed E-state index contributed by atoms with van der Waals surface area (Å²) in [7, 11) is -3.78. The second-order valence-corrected chi connectivity index (χ2v) is 8.21. The van der Waals surface area contributed by atoms with Crippen molar-refractivity contribution in [2.75, 3.05) is 17.6 Å². The van der Waals surface area contributed by atoms with Crippen LogP contribution in [0.4, 0.5) is 11.4 Å². The van der Waals surface area contributed by atoms with Crippen molar-refractivity contribution in [1.82, 2.24) is 0 Å². The molecule has 0 spiro atoms. The molecule has 6 heteroatoms. The molecule has 0 radical (unpaired) electrons. The first-order chi connectivity index (χ1) is 8.98. The molecule has 112 valence electrons. The van der Waals surface area contributed by atoms with Crippen LogP contribution in [-0.2, 0) is 10.0 Å². The summed E-state index contributed by atoms with van der Waals surface area (Å²) in [6.45, 7) is 9.62. The number of nitrogens with two attached hydrogens (primary N) is 2. The Morgan fingerprint density at radius 3 is 2.20 bits per heavy atom. The van der Waals surface area contributed by atoms with E-state index in [1.165, 1.54) is 6.07 Å². The Hall–Kier alpha value is -1.27. The van der Waals surface area contributed by atoms with Crippen molar-refractivity contribution in [3.05, 3.63) is 18.2 Å². The number of rotatable bonds is 4. The van der Waals surface area contributed by atoms with Gasteiger partial charge in [0.15, 0.2) is 0 Å². The van der Waals surface area contributed by atoms with Crippen LogP contribution in [0.2, 0.25) is 0 Å². The average molecular weight is 297 g/mol. The van der Waals surface area contributed by atoms with Crippen molar-refractivity contribution in [2.45, 2.75) is 32.6 Å². The van der Waals surface area contributed by atoms with E-state index in [0.717, 1.165) is 0 Å². The van der Waals surface area contributed by atoms with E-state index in [4.69, 9.17) is 10.9 Å². The molecular formula is C14H23N3O2S. The van der Waals surface area contributed by atoms with E-state index >= 15 is 0 Å². The number of anilines is 2. The maximum Gasteiger partial charge on any atom is 0.240 e. The van der Waals surface area contributed by atoms with Gasteiger partial charge in [0, 0.05) is 12.2 Å². The highest BCUT2D eigenvalue weighted by Crippen LogP contribution is 2.68. The van der Waals surface area contributed by atoms with Gasteiger partial charge in [0.2, 0.25) is 10.0 Å². The summed E-state index contributed by atoms with van der Waals surface area (Å²) in [6, 6.07) is 4.72. The largest absolute Gasteiger partial charge is 0.399 e. The first-order valence-corrected chi connectivity index (χ1v) is 8.19. The van der Waals surface area contributed by atoms with Crippen LogP contribution >= 0.6 is 0 Å². The summed E-state index contributed by atoms with van der Waals surface area (Å²) >= 11 is 0. The predicted molar refractivity (Wildman–Crippen MR) is 81.8 cm³/mol. The maximum atomic E-state index is 11.6. The van der Waals surface area contributed by atoms with Gasteiger partial charge in [-0.3, -0.25) is 0 Å². The second-order valence-electron chi connectivity index (χ2n) is 6.68. The van der Waals surface area contributed by atoms with Gasteiger partial charge in [-0.05, 0) is 34.9 Å². The van der Waals surface area contributed by atoms with Gasteiger partial charge < -0.3 is 11.1 Å². The van der Waals surface area contributed by atoms with Crippen LogP contribution in [0.5, 0.6) is 0 Å². The molecule has 1 fully saturated rings. The molecule has 0 heterocycles. The Labute approximate surface area is 120 Å². The molecule has 1 aromatic rings. The fourth-order valence-corrected chi connectivity index (χ4v) is 3.72. The number of primary sulfonamides is 1. The number of benzene rings is 1. The molecule has 1 aromatic carbocycles. The lowest BCUT2D eigenvalue weighted by Gasteiger charge is -2.12. The van der Waals surface area contributed by atoms with E-state index in [2.05, 4.69) is 33.0 Å². The van der Waals surface area contributed by atoms with Gasteiger partial charge in [-0.25, -0.2) is 13.6 Å². The molecule has 1 aliphatic rings. The minimum Gasteiger partial charge on any atom is -0.399 e. The fraction of sp³-hybridized carbons (Fsp3) is 0.571. The zero-order valence-corrected chi connectivity index (χ0v) is 13.2. The zero-order valence-electron chi connectivity index (χ0n) is 12.4. The Bertz CT molecular complexity index is 622. The predicted octanol–water partition coefficient (Wildman–Crippen LogP) is 2.01. The monoisotopic (exact) mass is 297 g/mol. The molecule has 20 heavy (non-hydrogen) atoms. The number of hydrogen-bond donors (Lipinski definition) is 3. The summed E-state index contributed by atoms with van der Waals surface area (Å²) in [5, 5.41) is 8.44. The minimum absolute atomic E-state index is 0.0498. The quantitative estimate of drug-likeness (QED) is 0.740. The van der Waals surface area contributed by atoms with E-state index in [9.17, 15) is 8.42 Å². The molecule has 5 N–H and O–H groups in total. The minimum atomic E-state index is -3.78. The van der Waals surface area contributed by atoms with Gasteiger partial charge in [-0.1, -0.05) is 27.7 Å². The molecule has 0 bridgehead atoms. The molecule has 1 aliphatic carbocycles. The summed E-state index contributed by atoms with van der Waals surface area (Å²) < 4.78 is 23.2. The van der Waals surface area contributed by atoms with Gasteiger partial charge >= 0.3 is 0 Å². The highest BCUT2D eigenvalue weighted by molar-refractivity contribution is 7.89. The summed E-state index contributed by atoms with van der Waals surface area (Å²) in [4.78, 5) is 0.0498. The third kappa shape index (κ3) is 2.38. The molecule has 0 unspecified atom stereocenters. The number of sulfonamides is 1. The molecule has 0 saturated heterocycles. The van der Waals surface area contributed by atoms with E-state index in [-0.39, 0.29) is 15.7 Å². The maximum absolute atomic E-state index is 11.6. The van der Waals surface area contributed by atoms with Gasteiger partial charge in [-0.15, -0.1) is 0 Å². The molecule has 0 atom stereocenters. The molecule has 0 aromatic heterocycles. The van der Waals surface area contributed by atoms with E-state index in [1.807, 2.05) is 0 Å². The first-order valence-electron chi connectivity index (χ1n) is 6.64. The third-order valence-corrected chi connectivity index (χ3v) is 6.08. The Morgan fingerprint density at radius 1 is 1.20 bits per heavy atom. The molecular weight excluding hydrogens is 274 g/mol. The lowest BCUT2D eigenvalue weighted by Crippen LogP contribution is -2.17. The lowest BCUT2D eigenvalue weighted by atomic mass is 10.0. The van der Waals surface area contributed by atoms with Crippen molar-refractivity contribution in [1.29, 1.82) is 0 Å². The summed E-state index contributed by atoms with van der Waals surface area (Å²) in [5.41, 5.74) is 7.02. The Morgan fingerprint density at radius 2 is 1.75 bits per heavy atom. The molecule has 0 amide bonds. The smallest absolute Gasteiger partial charge is 0.240 e. The van der Waals surface area contributed by atoms with Gasteiger partial charge in [0.05, 0.1) is 5.69 Å². The van der Waals surface area contributed by atoms with Crippen LogP contribution in [0.25, 0.3) is 0 Å². The average Bonchev–Trinajstić information content (AvgIpc) is 2.67. The lowest BCUT2D eigenvalue weighted by molar-refractivity contribution is 0.457. The van der Waals surface area contributed by atoms with Crippen LogP contribution < -0.4 is 16.2 Å². The van der Waals surface area contributed by atoms with Crippen LogP contribution in [0.3, 0.4) is 0 Å². The highest BCUT2D eigenvalue weighted by Gasteiger charge is 2.64.